The van der Waals surface area contributed by atoms with Crippen LogP contribution in [0.2, 0.25) is 0 Å². The van der Waals surface area contributed by atoms with Crippen LogP contribution < -0.4 is 5.32 Å². The maximum atomic E-state index is 14.0. The second-order valence-corrected chi connectivity index (χ2v) is 3.93. The van der Waals surface area contributed by atoms with E-state index < -0.39 is 6.17 Å². The molecule has 1 fully saturated rings. The van der Waals surface area contributed by atoms with Gasteiger partial charge in [0.05, 0.1) is 6.61 Å². The molecular formula is C12H16FNO. The zero-order valence-electron chi connectivity index (χ0n) is 8.87. The minimum absolute atomic E-state index is 0.347. The summed E-state index contributed by atoms with van der Waals surface area (Å²) in [5, 5.41) is 3.14. The van der Waals surface area contributed by atoms with Crippen molar-refractivity contribution in [2.24, 2.45) is 0 Å². The zero-order chi connectivity index (χ0) is 10.7. The molecule has 0 aliphatic carbocycles. The highest BCUT2D eigenvalue weighted by Crippen LogP contribution is 2.24. The number of morpholine rings is 1. The number of alkyl halides is 1. The largest absolute Gasteiger partial charge is 0.372 e. The fraction of sp³-hybridized carbons (Fsp3) is 0.500. The van der Waals surface area contributed by atoms with E-state index in [4.69, 9.17) is 4.74 Å². The first-order chi connectivity index (χ1) is 7.27. The summed E-state index contributed by atoms with van der Waals surface area (Å²) < 4.78 is 19.4. The van der Waals surface area contributed by atoms with E-state index in [0.717, 1.165) is 12.1 Å². The van der Waals surface area contributed by atoms with Crippen molar-refractivity contribution in [2.45, 2.75) is 19.2 Å². The average Bonchev–Trinajstić information content (AvgIpc) is 2.29. The maximum absolute atomic E-state index is 14.0. The number of nitrogens with one attached hydrogen (secondary N) is 1. The van der Waals surface area contributed by atoms with Gasteiger partial charge in [0.15, 0.2) is 6.17 Å². The van der Waals surface area contributed by atoms with Crippen molar-refractivity contribution >= 4 is 0 Å². The van der Waals surface area contributed by atoms with Gasteiger partial charge in [-0.15, -0.1) is 0 Å². The van der Waals surface area contributed by atoms with Crippen molar-refractivity contribution in [3.8, 4) is 0 Å². The van der Waals surface area contributed by atoms with Crippen LogP contribution >= 0.6 is 0 Å². The summed E-state index contributed by atoms with van der Waals surface area (Å²) in [4.78, 5) is 0. The Hall–Kier alpha value is -0.930. The molecule has 1 heterocycles. The van der Waals surface area contributed by atoms with E-state index in [-0.39, 0.29) is 6.10 Å². The van der Waals surface area contributed by atoms with E-state index in [9.17, 15) is 4.39 Å². The summed E-state index contributed by atoms with van der Waals surface area (Å²) in [5.41, 5.74) is 1.79. The smallest absolute Gasteiger partial charge is 0.152 e. The first-order valence-electron chi connectivity index (χ1n) is 5.30. The molecule has 1 saturated heterocycles. The molecule has 1 aromatic carbocycles. The fourth-order valence-corrected chi connectivity index (χ4v) is 1.83. The molecule has 82 valence electrons. The monoisotopic (exact) mass is 209 g/mol. The van der Waals surface area contributed by atoms with E-state index in [2.05, 4.69) is 5.32 Å². The summed E-state index contributed by atoms with van der Waals surface area (Å²) in [6.07, 6.45) is -1.38. The van der Waals surface area contributed by atoms with Crippen LogP contribution in [0.3, 0.4) is 0 Å². The lowest BCUT2D eigenvalue weighted by atomic mass is 10.0. The molecule has 1 aromatic rings. The van der Waals surface area contributed by atoms with Crippen LogP contribution in [0, 0.1) is 6.92 Å². The fourth-order valence-electron chi connectivity index (χ4n) is 1.83. The first-order valence-corrected chi connectivity index (χ1v) is 5.30. The average molecular weight is 209 g/mol. The van der Waals surface area contributed by atoms with E-state index in [1.54, 1.807) is 0 Å². The van der Waals surface area contributed by atoms with E-state index in [1.165, 1.54) is 0 Å². The molecule has 0 amide bonds. The van der Waals surface area contributed by atoms with Crippen LogP contribution in [0.4, 0.5) is 4.39 Å². The standard InChI is InChI=1S/C12H16FNO/c1-9-3-2-4-10(7-9)12(13)11-8-14-5-6-15-11/h2-4,7,11-12,14H,5-6,8H2,1H3. The number of benzene rings is 1. The Balaban J connectivity index is 2.08. The SMILES string of the molecule is Cc1cccc(C(F)C2CNCCO2)c1. The van der Waals surface area contributed by atoms with Gasteiger partial charge in [-0.25, -0.2) is 4.39 Å². The van der Waals surface area contributed by atoms with Gasteiger partial charge >= 0.3 is 0 Å². The molecule has 1 aliphatic heterocycles. The number of hydrogen-bond donors (Lipinski definition) is 1. The van der Waals surface area contributed by atoms with Gasteiger partial charge in [0.25, 0.3) is 0 Å². The third-order valence-electron chi connectivity index (χ3n) is 2.64. The first kappa shape index (κ1) is 10.6. The lowest BCUT2D eigenvalue weighted by Gasteiger charge is -2.26. The van der Waals surface area contributed by atoms with Crippen molar-refractivity contribution in [1.29, 1.82) is 0 Å². The molecule has 2 nitrogen and oxygen atoms in total. The zero-order valence-corrected chi connectivity index (χ0v) is 8.87. The van der Waals surface area contributed by atoms with Crippen molar-refractivity contribution in [3.05, 3.63) is 35.4 Å². The van der Waals surface area contributed by atoms with Gasteiger partial charge in [-0.3, -0.25) is 0 Å². The van der Waals surface area contributed by atoms with Crippen LogP contribution in [0.25, 0.3) is 0 Å². The highest BCUT2D eigenvalue weighted by Gasteiger charge is 2.25. The Bertz CT molecular complexity index is 323. The Morgan fingerprint density at radius 3 is 3.07 bits per heavy atom. The van der Waals surface area contributed by atoms with Crippen LogP contribution in [-0.2, 0) is 4.74 Å². The Labute approximate surface area is 89.4 Å². The van der Waals surface area contributed by atoms with Crippen LogP contribution in [-0.4, -0.2) is 25.8 Å². The normalized spacial score (nSPS) is 23.7. The number of hydrogen-bond acceptors (Lipinski definition) is 2. The minimum atomic E-state index is -1.03. The third kappa shape index (κ3) is 2.55. The predicted octanol–water partition coefficient (Wildman–Crippen LogP) is 1.99. The lowest BCUT2D eigenvalue weighted by molar-refractivity contribution is -0.0220. The van der Waals surface area contributed by atoms with Gasteiger partial charge in [-0.2, -0.15) is 0 Å². The van der Waals surface area contributed by atoms with Gasteiger partial charge in [0.1, 0.15) is 6.10 Å². The molecule has 2 rings (SSSR count). The maximum Gasteiger partial charge on any atom is 0.152 e. The molecule has 0 aromatic heterocycles. The van der Waals surface area contributed by atoms with Crippen LogP contribution in [0.5, 0.6) is 0 Å². The molecule has 3 heteroatoms. The highest BCUT2D eigenvalue weighted by atomic mass is 19.1. The van der Waals surface area contributed by atoms with Crippen molar-refractivity contribution in [1.82, 2.24) is 5.32 Å². The van der Waals surface area contributed by atoms with Gasteiger partial charge in [-0.05, 0) is 12.5 Å². The number of halogens is 1. The number of ether oxygens (including phenoxy) is 1. The topological polar surface area (TPSA) is 21.3 Å². The minimum Gasteiger partial charge on any atom is -0.372 e. The quantitative estimate of drug-likeness (QED) is 0.804. The molecule has 0 radical (unpaired) electrons. The molecule has 1 N–H and O–H groups in total. The number of rotatable bonds is 2. The molecule has 1 aliphatic rings. The van der Waals surface area contributed by atoms with Gasteiger partial charge in [-0.1, -0.05) is 29.8 Å². The number of aryl methyl sites for hydroxylation is 1. The summed E-state index contributed by atoms with van der Waals surface area (Å²) >= 11 is 0. The third-order valence-corrected chi connectivity index (χ3v) is 2.64. The molecule has 2 unspecified atom stereocenters. The lowest BCUT2D eigenvalue weighted by Crippen LogP contribution is -2.40. The van der Waals surface area contributed by atoms with E-state index in [1.807, 2.05) is 31.2 Å². The molecule has 0 spiro atoms. The second-order valence-electron chi connectivity index (χ2n) is 3.93. The molecule has 2 atom stereocenters. The summed E-state index contributed by atoms with van der Waals surface area (Å²) in [6, 6.07) is 7.54. The van der Waals surface area contributed by atoms with Crippen molar-refractivity contribution in [2.75, 3.05) is 19.7 Å². The highest BCUT2D eigenvalue weighted by molar-refractivity contribution is 5.25. The molecule has 0 bridgehead atoms. The summed E-state index contributed by atoms with van der Waals surface area (Å²) in [7, 11) is 0. The van der Waals surface area contributed by atoms with Gasteiger partial charge in [0, 0.05) is 13.1 Å². The summed E-state index contributed by atoms with van der Waals surface area (Å²) in [6.45, 7) is 3.97. The van der Waals surface area contributed by atoms with Crippen LogP contribution in [0.15, 0.2) is 24.3 Å². The van der Waals surface area contributed by atoms with Gasteiger partial charge in [0.2, 0.25) is 0 Å². The van der Waals surface area contributed by atoms with Crippen LogP contribution in [0.1, 0.15) is 17.3 Å². The Morgan fingerprint density at radius 2 is 2.40 bits per heavy atom. The molecular weight excluding hydrogens is 193 g/mol. The molecule has 0 saturated carbocycles. The van der Waals surface area contributed by atoms with E-state index >= 15 is 0 Å². The molecule has 15 heavy (non-hydrogen) atoms. The Kier molecular flexibility index (Phi) is 3.34. The second kappa shape index (κ2) is 4.73. The predicted molar refractivity (Wildman–Crippen MR) is 57.6 cm³/mol. The van der Waals surface area contributed by atoms with Crippen molar-refractivity contribution in [3.63, 3.8) is 0 Å². The van der Waals surface area contributed by atoms with Crippen molar-refractivity contribution < 1.29 is 9.13 Å². The summed E-state index contributed by atoms with van der Waals surface area (Å²) in [5.74, 6) is 0. The van der Waals surface area contributed by atoms with E-state index in [0.29, 0.717) is 18.7 Å². The Morgan fingerprint density at radius 1 is 1.53 bits per heavy atom. The van der Waals surface area contributed by atoms with Gasteiger partial charge < -0.3 is 10.1 Å².